The fourth-order valence-corrected chi connectivity index (χ4v) is 1.48. The third-order valence-corrected chi connectivity index (χ3v) is 2.47. The first kappa shape index (κ1) is 14.0. The van der Waals surface area contributed by atoms with Gasteiger partial charge in [0.1, 0.15) is 0 Å². The van der Waals surface area contributed by atoms with Crippen LogP contribution in [-0.2, 0) is 14.4 Å². The van der Waals surface area contributed by atoms with Crippen LogP contribution in [-0.4, -0.2) is 54.0 Å². The summed E-state index contributed by atoms with van der Waals surface area (Å²) in [6.07, 6.45) is 1.20. The first-order valence-electron chi connectivity index (χ1n) is 5.76. The average Bonchev–Trinajstić information content (AvgIpc) is 2.78. The SMILES string of the molecule is C=CC(=O)ON(CCN1CCNC1=O)C(=O)CC. The van der Waals surface area contributed by atoms with E-state index in [4.69, 9.17) is 4.84 Å². The highest BCUT2D eigenvalue weighted by Gasteiger charge is 2.22. The van der Waals surface area contributed by atoms with E-state index in [1.807, 2.05) is 0 Å². The van der Waals surface area contributed by atoms with Gasteiger partial charge in [0.2, 0.25) is 0 Å². The van der Waals surface area contributed by atoms with Gasteiger partial charge in [-0.25, -0.2) is 9.59 Å². The molecule has 1 fully saturated rings. The van der Waals surface area contributed by atoms with Gasteiger partial charge < -0.3 is 15.1 Å². The van der Waals surface area contributed by atoms with Crippen molar-refractivity contribution in [3.63, 3.8) is 0 Å². The van der Waals surface area contributed by atoms with Crippen molar-refractivity contribution in [2.24, 2.45) is 0 Å². The Kier molecular flexibility index (Phi) is 5.16. The van der Waals surface area contributed by atoms with E-state index in [0.29, 0.717) is 19.6 Å². The number of amides is 3. The average molecular weight is 255 g/mol. The Morgan fingerprint density at radius 1 is 1.61 bits per heavy atom. The maximum atomic E-state index is 11.5. The fourth-order valence-electron chi connectivity index (χ4n) is 1.48. The Hall–Kier alpha value is -2.05. The summed E-state index contributed by atoms with van der Waals surface area (Å²) < 4.78 is 0. The number of hydroxylamine groups is 2. The highest BCUT2D eigenvalue weighted by atomic mass is 16.7. The second-order valence-corrected chi connectivity index (χ2v) is 3.68. The molecule has 7 nitrogen and oxygen atoms in total. The molecule has 1 N–H and O–H groups in total. The molecule has 0 saturated carbocycles. The van der Waals surface area contributed by atoms with Crippen molar-refractivity contribution in [3.8, 4) is 0 Å². The quantitative estimate of drug-likeness (QED) is 0.549. The van der Waals surface area contributed by atoms with E-state index in [1.165, 1.54) is 0 Å². The summed E-state index contributed by atoms with van der Waals surface area (Å²) in [7, 11) is 0. The van der Waals surface area contributed by atoms with Crippen molar-refractivity contribution in [3.05, 3.63) is 12.7 Å². The molecule has 0 aromatic rings. The van der Waals surface area contributed by atoms with Crippen molar-refractivity contribution >= 4 is 17.9 Å². The zero-order valence-corrected chi connectivity index (χ0v) is 10.3. The number of hydrogen-bond donors (Lipinski definition) is 1. The van der Waals surface area contributed by atoms with E-state index in [2.05, 4.69) is 11.9 Å². The first-order valence-corrected chi connectivity index (χ1v) is 5.76. The van der Waals surface area contributed by atoms with Crippen molar-refractivity contribution in [1.29, 1.82) is 0 Å². The molecule has 0 bridgehead atoms. The molecule has 7 heteroatoms. The minimum absolute atomic E-state index is 0.152. The maximum Gasteiger partial charge on any atom is 0.355 e. The lowest BCUT2D eigenvalue weighted by molar-refractivity contribution is -0.194. The van der Waals surface area contributed by atoms with Gasteiger partial charge in [-0.3, -0.25) is 4.79 Å². The van der Waals surface area contributed by atoms with Crippen LogP contribution in [0.15, 0.2) is 12.7 Å². The number of nitrogens with zero attached hydrogens (tertiary/aromatic N) is 2. The van der Waals surface area contributed by atoms with Gasteiger partial charge in [0.15, 0.2) is 0 Å². The summed E-state index contributed by atoms with van der Waals surface area (Å²) in [6, 6.07) is -0.172. The summed E-state index contributed by atoms with van der Waals surface area (Å²) >= 11 is 0. The van der Waals surface area contributed by atoms with Crippen LogP contribution in [0.25, 0.3) is 0 Å². The van der Waals surface area contributed by atoms with Crippen molar-refractivity contribution in [1.82, 2.24) is 15.3 Å². The third kappa shape index (κ3) is 3.76. The number of hydrogen-bond acceptors (Lipinski definition) is 4. The largest absolute Gasteiger partial charge is 0.355 e. The Morgan fingerprint density at radius 3 is 2.83 bits per heavy atom. The summed E-state index contributed by atoms with van der Waals surface area (Å²) in [5, 5.41) is 3.62. The van der Waals surface area contributed by atoms with Gasteiger partial charge in [-0.05, 0) is 0 Å². The van der Waals surface area contributed by atoms with Gasteiger partial charge in [0.25, 0.3) is 5.91 Å². The Morgan fingerprint density at radius 2 is 2.33 bits per heavy atom. The third-order valence-electron chi connectivity index (χ3n) is 2.47. The summed E-state index contributed by atoms with van der Waals surface area (Å²) in [4.78, 5) is 40.3. The second-order valence-electron chi connectivity index (χ2n) is 3.68. The Balaban J connectivity index is 2.50. The minimum Gasteiger partial charge on any atom is -0.336 e. The van der Waals surface area contributed by atoms with Crippen LogP contribution in [0, 0.1) is 0 Å². The van der Waals surface area contributed by atoms with Crippen LogP contribution >= 0.6 is 0 Å². The molecule has 1 saturated heterocycles. The highest BCUT2D eigenvalue weighted by molar-refractivity contribution is 5.83. The number of nitrogens with one attached hydrogen (secondary N) is 1. The molecular weight excluding hydrogens is 238 g/mol. The molecule has 18 heavy (non-hydrogen) atoms. The lowest BCUT2D eigenvalue weighted by atomic mass is 10.4. The molecule has 1 aliphatic heterocycles. The van der Waals surface area contributed by atoms with Gasteiger partial charge >= 0.3 is 12.0 Å². The standard InChI is InChI=1S/C11H17N3O4/c1-3-9(15)14(18-10(16)4-2)8-7-13-6-5-12-11(13)17/h4H,2-3,5-8H2,1H3,(H,12,17). The number of carbonyl (C=O) groups is 3. The normalized spacial score (nSPS) is 14.1. The summed E-state index contributed by atoms with van der Waals surface area (Å²) in [5.74, 6) is -1.01. The number of rotatable bonds is 5. The van der Waals surface area contributed by atoms with Crippen LogP contribution < -0.4 is 5.32 Å². The van der Waals surface area contributed by atoms with Gasteiger partial charge in [0.05, 0.1) is 6.54 Å². The number of urea groups is 1. The smallest absolute Gasteiger partial charge is 0.336 e. The molecule has 0 spiro atoms. The van der Waals surface area contributed by atoms with Crippen molar-refractivity contribution in [2.75, 3.05) is 26.2 Å². The second kappa shape index (κ2) is 6.63. The van der Waals surface area contributed by atoms with E-state index in [-0.39, 0.29) is 24.9 Å². The zero-order chi connectivity index (χ0) is 13.5. The molecule has 0 aromatic heterocycles. The van der Waals surface area contributed by atoms with Gasteiger partial charge in [-0.2, -0.15) is 5.06 Å². The molecule has 1 heterocycles. The molecule has 100 valence electrons. The maximum absolute atomic E-state index is 11.5. The topological polar surface area (TPSA) is 79.0 Å². The Labute approximate surface area is 105 Å². The van der Waals surface area contributed by atoms with Crippen LogP contribution in [0.2, 0.25) is 0 Å². The van der Waals surface area contributed by atoms with Crippen LogP contribution in [0.5, 0.6) is 0 Å². The molecule has 0 atom stereocenters. The van der Waals surface area contributed by atoms with E-state index in [9.17, 15) is 14.4 Å². The molecule has 1 aliphatic rings. The molecule has 0 radical (unpaired) electrons. The molecule has 1 rings (SSSR count). The fraction of sp³-hybridized carbons (Fsp3) is 0.545. The molecular formula is C11H17N3O4. The minimum atomic E-state index is -0.692. The number of carbonyl (C=O) groups excluding carboxylic acids is 3. The van der Waals surface area contributed by atoms with E-state index >= 15 is 0 Å². The van der Waals surface area contributed by atoms with Gasteiger partial charge in [-0.15, -0.1) is 0 Å². The molecule has 0 unspecified atom stereocenters. The summed E-state index contributed by atoms with van der Waals surface area (Å²) in [5.41, 5.74) is 0. The zero-order valence-electron chi connectivity index (χ0n) is 10.3. The highest BCUT2D eigenvalue weighted by Crippen LogP contribution is 2.01. The van der Waals surface area contributed by atoms with Gasteiger partial charge in [0, 0.05) is 32.1 Å². The van der Waals surface area contributed by atoms with Crippen molar-refractivity contribution in [2.45, 2.75) is 13.3 Å². The predicted molar refractivity (Wildman–Crippen MR) is 63.3 cm³/mol. The van der Waals surface area contributed by atoms with Crippen LogP contribution in [0.3, 0.4) is 0 Å². The lowest BCUT2D eigenvalue weighted by Gasteiger charge is -2.22. The predicted octanol–water partition coefficient (Wildman–Crippen LogP) is -0.106. The lowest BCUT2D eigenvalue weighted by Crippen LogP contribution is -2.40. The van der Waals surface area contributed by atoms with Crippen molar-refractivity contribution < 1.29 is 19.2 Å². The Bertz CT molecular complexity index is 356. The van der Waals surface area contributed by atoms with E-state index in [0.717, 1.165) is 11.1 Å². The van der Waals surface area contributed by atoms with Crippen LogP contribution in [0.1, 0.15) is 13.3 Å². The van der Waals surface area contributed by atoms with E-state index in [1.54, 1.807) is 11.8 Å². The molecule has 3 amide bonds. The van der Waals surface area contributed by atoms with E-state index < -0.39 is 5.97 Å². The van der Waals surface area contributed by atoms with Gasteiger partial charge in [-0.1, -0.05) is 13.5 Å². The molecule has 0 aliphatic carbocycles. The molecule has 0 aromatic carbocycles. The monoisotopic (exact) mass is 255 g/mol. The first-order chi connectivity index (χ1) is 8.58. The van der Waals surface area contributed by atoms with Crippen LogP contribution in [0.4, 0.5) is 4.79 Å². The summed E-state index contributed by atoms with van der Waals surface area (Å²) in [6.45, 7) is 6.58.